The highest BCUT2D eigenvalue weighted by Gasteiger charge is 2.13. The predicted molar refractivity (Wildman–Crippen MR) is 90.5 cm³/mol. The number of fused-ring (bicyclic) bond motifs is 2. The van der Waals surface area contributed by atoms with Crippen molar-refractivity contribution in [1.29, 1.82) is 0 Å². The first-order chi connectivity index (χ1) is 11.6. The molecule has 0 atom stereocenters. The Labute approximate surface area is 136 Å². The lowest BCUT2D eigenvalue weighted by Crippen LogP contribution is -2.15. The highest BCUT2D eigenvalue weighted by molar-refractivity contribution is 5.92. The molecule has 0 aliphatic carbocycles. The van der Waals surface area contributed by atoms with Gasteiger partial charge >= 0.3 is 11.7 Å². The van der Waals surface area contributed by atoms with Gasteiger partial charge < -0.3 is 9.52 Å². The SMILES string of the molecule is O=C(O)c1ccc2c(c1)oc(=O)n2Cc1cccc2ccccc12. The zero-order chi connectivity index (χ0) is 16.7. The highest BCUT2D eigenvalue weighted by Crippen LogP contribution is 2.21. The molecule has 4 aromatic rings. The highest BCUT2D eigenvalue weighted by atomic mass is 16.4. The summed E-state index contributed by atoms with van der Waals surface area (Å²) in [6, 6.07) is 18.4. The Morgan fingerprint density at radius 1 is 1.04 bits per heavy atom. The van der Waals surface area contributed by atoms with Crippen LogP contribution in [-0.2, 0) is 6.54 Å². The number of hydrogen-bond donors (Lipinski definition) is 1. The summed E-state index contributed by atoms with van der Waals surface area (Å²) < 4.78 is 6.73. The van der Waals surface area contributed by atoms with E-state index in [1.165, 1.54) is 16.7 Å². The smallest absolute Gasteiger partial charge is 0.420 e. The maximum atomic E-state index is 12.2. The molecule has 24 heavy (non-hydrogen) atoms. The van der Waals surface area contributed by atoms with E-state index in [9.17, 15) is 9.59 Å². The molecule has 0 aliphatic rings. The number of nitrogens with zero attached hydrogens (tertiary/aromatic N) is 1. The van der Waals surface area contributed by atoms with Crippen molar-refractivity contribution < 1.29 is 14.3 Å². The molecule has 0 saturated carbocycles. The molecular formula is C19H13NO4. The van der Waals surface area contributed by atoms with Gasteiger partial charge in [0.15, 0.2) is 5.58 Å². The fourth-order valence-electron chi connectivity index (χ4n) is 2.95. The van der Waals surface area contributed by atoms with Gasteiger partial charge in [-0.05, 0) is 34.5 Å². The van der Waals surface area contributed by atoms with Gasteiger partial charge in [-0.25, -0.2) is 9.59 Å². The number of oxazole rings is 1. The second kappa shape index (κ2) is 5.38. The molecule has 0 spiro atoms. The van der Waals surface area contributed by atoms with E-state index in [4.69, 9.17) is 9.52 Å². The van der Waals surface area contributed by atoms with Crippen LogP contribution in [-0.4, -0.2) is 15.6 Å². The lowest BCUT2D eigenvalue weighted by atomic mass is 10.0. The minimum atomic E-state index is -1.05. The first-order valence-electron chi connectivity index (χ1n) is 7.47. The van der Waals surface area contributed by atoms with Crippen molar-refractivity contribution in [2.45, 2.75) is 6.54 Å². The normalized spacial score (nSPS) is 11.2. The van der Waals surface area contributed by atoms with Crippen molar-refractivity contribution in [3.8, 4) is 0 Å². The third-order valence-corrected chi connectivity index (χ3v) is 4.12. The second-order valence-corrected chi connectivity index (χ2v) is 5.58. The van der Waals surface area contributed by atoms with E-state index in [1.54, 1.807) is 6.07 Å². The molecular weight excluding hydrogens is 306 g/mol. The van der Waals surface area contributed by atoms with Gasteiger partial charge in [-0.3, -0.25) is 4.57 Å². The lowest BCUT2D eigenvalue weighted by molar-refractivity contribution is 0.0697. The molecule has 5 nitrogen and oxygen atoms in total. The number of hydrogen-bond acceptors (Lipinski definition) is 3. The molecule has 1 heterocycles. The minimum absolute atomic E-state index is 0.0913. The van der Waals surface area contributed by atoms with Crippen LogP contribution in [0.5, 0.6) is 0 Å². The first-order valence-corrected chi connectivity index (χ1v) is 7.47. The van der Waals surface area contributed by atoms with Gasteiger partial charge in [0, 0.05) is 0 Å². The van der Waals surface area contributed by atoms with Crippen LogP contribution < -0.4 is 5.76 Å². The molecule has 4 rings (SSSR count). The van der Waals surface area contributed by atoms with Gasteiger partial charge in [0.25, 0.3) is 0 Å². The van der Waals surface area contributed by atoms with E-state index in [0.29, 0.717) is 12.1 Å². The van der Waals surface area contributed by atoms with Gasteiger partial charge in [0.2, 0.25) is 0 Å². The summed E-state index contributed by atoms with van der Waals surface area (Å²) in [5, 5.41) is 11.2. The van der Waals surface area contributed by atoms with Crippen molar-refractivity contribution in [2.75, 3.05) is 0 Å². The van der Waals surface area contributed by atoms with E-state index < -0.39 is 11.7 Å². The molecule has 0 bridgehead atoms. The first kappa shape index (κ1) is 14.3. The van der Waals surface area contributed by atoms with Crippen molar-refractivity contribution >= 4 is 27.8 Å². The summed E-state index contributed by atoms with van der Waals surface area (Å²) in [6.07, 6.45) is 0. The monoisotopic (exact) mass is 319 g/mol. The average molecular weight is 319 g/mol. The average Bonchev–Trinajstić information content (AvgIpc) is 2.90. The minimum Gasteiger partial charge on any atom is -0.478 e. The van der Waals surface area contributed by atoms with Crippen LogP contribution in [0, 0.1) is 0 Å². The summed E-state index contributed by atoms with van der Waals surface area (Å²) >= 11 is 0. The lowest BCUT2D eigenvalue weighted by Gasteiger charge is -2.07. The fraction of sp³-hybridized carbons (Fsp3) is 0.0526. The summed E-state index contributed by atoms with van der Waals surface area (Å²) in [6.45, 7) is 0.361. The van der Waals surface area contributed by atoms with E-state index in [2.05, 4.69) is 0 Å². The van der Waals surface area contributed by atoms with Crippen LogP contribution in [0.3, 0.4) is 0 Å². The van der Waals surface area contributed by atoms with Crippen molar-refractivity contribution in [1.82, 2.24) is 4.57 Å². The molecule has 0 amide bonds. The molecule has 0 fully saturated rings. The van der Waals surface area contributed by atoms with Gasteiger partial charge in [0.1, 0.15) is 0 Å². The van der Waals surface area contributed by atoms with E-state index in [0.717, 1.165) is 16.3 Å². The summed E-state index contributed by atoms with van der Waals surface area (Å²) in [5.74, 6) is -1.55. The van der Waals surface area contributed by atoms with Gasteiger partial charge in [-0.15, -0.1) is 0 Å². The predicted octanol–water partition coefficient (Wildman–Crippen LogP) is 3.49. The fourth-order valence-corrected chi connectivity index (χ4v) is 2.95. The van der Waals surface area contributed by atoms with Crippen molar-refractivity contribution in [3.05, 3.63) is 82.3 Å². The van der Waals surface area contributed by atoms with Gasteiger partial charge in [-0.2, -0.15) is 0 Å². The molecule has 1 N–H and O–H groups in total. The van der Waals surface area contributed by atoms with E-state index >= 15 is 0 Å². The number of carboxylic acid groups (broad SMARTS) is 1. The number of carbonyl (C=O) groups is 1. The Morgan fingerprint density at radius 3 is 2.67 bits per heavy atom. The Kier molecular flexibility index (Phi) is 3.20. The third-order valence-electron chi connectivity index (χ3n) is 4.12. The molecule has 5 heteroatoms. The van der Waals surface area contributed by atoms with Crippen LogP contribution in [0.1, 0.15) is 15.9 Å². The Morgan fingerprint density at radius 2 is 1.83 bits per heavy atom. The standard InChI is InChI=1S/C19H13NO4/c21-18(22)13-8-9-16-17(10-13)24-19(23)20(16)11-14-6-3-5-12-4-1-2-7-15(12)14/h1-10H,11H2,(H,21,22). The maximum Gasteiger partial charge on any atom is 0.420 e. The summed E-state index contributed by atoms with van der Waals surface area (Å²) in [5.41, 5.74) is 1.95. The molecule has 0 radical (unpaired) electrons. The van der Waals surface area contributed by atoms with Crippen molar-refractivity contribution in [3.63, 3.8) is 0 Å². The topological polar surface area (TPSA) is 72.4 Å². The van der Waals surface area contributed by atoms with Gasteiger partial charge in [0.05, 0.1) is 17.6 Å². The zero-order valence-electron chi connectivity index (χ0n) is 12.6. The van der Waals surface area contributed by atoms with Crippen LogP contribution in [0.2, 0.25) is 0 Å². The number of aromatic carboxylic acids is 1. The molecule has 3 aromatic carbocycles. The maximum absolute atomic E-state index is 12.2. The number of carboxylic acids is 1. The molecule has 0 unspecified atom stereocenters. The zero-order valence-corrected chi connectivity index (χ0v) is 12.6. The van der Waals surface area contributed by atoms with Crippen LogP contribution in [0.15, 0.2) is 69.9 Å². The van der Waals surface area contributed by atoms with Crippen LogP contribution in [0.25, 0.3) is 21.9 Å². The number of rotatable bonds is 3. The van der Waals surface area contributed by atoms with E-state index in [1.807, 2.05) is 42.5 Å². The molecule has 0 saturated heterocycles. The van der Waals surface area contributed by atoms with Crippen LogP contribution >= 0.6 is 0 Å². The van der Waals surface area contributed by atoms with Gasteiger partial charge in [-0.1, -0.05) is 42.5 Å². The Balaban J connectivity index is 1.86. The molecule has 1 aromatic heterocycles. The third kappa shape index (κ3) is 2.27. The Hall–Kier alpha value is -3.34. The molecule has 0 aliphatic heterocycles. The number of aromatic nitrogens is 1. The quantitative estimate of drug-likeness (QED) is 0.627. The Bertz CT molecular complexity index is 1130. The number of benzene rings is 3. The van der Waals surface area contributed by atoms with E-state index in [-0.39, 0.29) is 11.1 Å². The van der Waals surface area contributed by atoms with Crippen LogP contribution in [0.4, 0.5) is 0 Å². The van der Waals surface area contributed by atoms with Crippen molar-refractivity contribution in [2.24, 2.45) is 0 Å². The summed E-state index contributed by atoms with van der Waals surface area (Å²) in [7, 11) is 0. The second-order valence-electron chi connectivity index (χ2n) is 5.58. The summed E-state index contributed by atoms with van der Waals surface area (Å²) in [4.78, 5) is 23.3. The largest absolute Gasteiger partial charge is 0.478 e. The molecule has 118 valence electrons.